The molecule has 6 nitrogen and oxygen atoms in total. The van der Waals surface area contributed by atoms with Gasteiger partial charge in [0.2, 0.25) is 15.9 Å². The quantitative estimate of drug-likeness (QED) is 0.877. The van der Waals surface area contributed by atoms with Crippen LogP contribution in [0.4, 0.5) is 0 Å². The average molecular weight is 340 g/mol. The van der Waals surface area contributed by atoms with E-state index in [0.29, 0.717) is 6.54 Å². The van der Waals surface area contributed by atoms with Crippen molar-refractivity contribution in [2.24, 2.45) is 0 Å². The van der Waals surface area contributed by atoms with Crippen molar-refractivity contribution >= 4 is 15.9 Å². The summed E-state index contributed by atoms with van der Waals surface area (Å²) in [6.07, 6.45) is 1.92. The van der Waals surface area contributed by atoms with Crippen LogP contribution < -0.4 is 9.46 Å². The van der Waals surface area contributed by atoms with Crippen LogP contribution in [0.25, 0.3) is 0 Å². The largest absolute Gasteiger partial charge is 0.497 e. The number of likely N-dealkylation sites (tertiary alicyclic amines) is 1. The molecular weight excluding hydrogens is 316 g/mol. The Kier molecular flexibility index (Phi) is 5.31. The molecule has 1 amide bonds. The summed E-state index contributed by atoms with van der Waals surface area (Å²) in [5.74, 6) is 0.878. The fourth-order valence-electron chi connectivity index (χ4n) is 3.08. The van der Waals surface area contributed by atoms with Crippen LogP contribution in [0.2, 0.25) is 0 Å². The number of hydrogen-bond acceptors (Lipinski definition) is 4. The van der Waals surface area contributed by atoms with E-state index >= 15 is 0 Å². The minimum Gasteiger partial charge on any atom is -0.497 e. The zero-order valence-electron chi connectivity index (χ0n) is 13.9. The van der Waals surface area contributed by atoms with Gasteiger partial charge in [-0.3, -0.25) is 4.79 Å². The van der Waals surface area contributed by atoms with E-state index in [2.05, 4.69) is 4.72 Å². The van der Waals surface area contributed by atoms with E-state index < -0.39 is 16.1 Å². The second-order valence-corrected chi connectivity index (χ2v) is 7.94. The highest BCUT2D eigenvalue weighted by Crippen LogP contribution is 2.32. The van der Waals surface area contributed by atoms with Gasteiger partial charge in [0, 0.05) is 18.5 Å². The van der Waals surface area contributed by atoms with Gasteiger partial charge < -0.3 is 9.64 Å². The highest BCUT2D eigenvalue weighted by atomic mass is 32.2. The number of amides is 1. The van der Waals surface area contributed by atoms with E-state index in [1.54, 1.807) is 18.9 Å². The van der Waals surface area contributed by atoms with Crippen LogP contribution in [-0.4, -0.2) is 51.2 Å². The summed E-state index contributed by atoms with van der Waals surface area (Å²) >= 11 is 0. The summed E-state index contributed by atoms with van der Waals surface area (Å²) in [5.41, 5.74) is 1.16. The Morgan fingerprint density at radius 2 is 1.96 bits per heavy atom. The maximum Gasteiger partial charge on any atom is 0.240 e. The predicted octanol–water partition coefficient (Wildman–Crippen LogP) is 1.34. The van der Waals surface area contributed by atoms with E-state index in [0.717, 1.165) is 24.0 Å². The Labute approximate surface area is 137 Å². The third-order valence-electron chi connectivity index (χ3n) is 4.21. The minimum atomic E-state index is -3.40. The first-order chi connectivity index (χ1) is 10.7. The van der Waals surface area contributed by atoms with E-state index in [1.165, 1.54) is 0 Å². The molecule has 2 rings (SSSR count). The number of carbonyl (C=O) groups is 1. The summed E-state index contributed by atoms with van der Waals surface area (Å²) in [6, 6.07) is 7.20. The number of ether oxygens (including phenoxy) is 1. The Morgan fingerprint density at radius 1 is 1.35 bits per heavy atom. The smallest absolute Gasteiger partial charge is 0.240 e. The lowest BCUT2D eigenvalue weighted by Gasteiger charge is -2.25. The molecule has 1 N–H and O–H groups in total. The van der Waals surface area contributed by atoms with Crippen LogP contribution in [0.3, 0.4) is 0 Å². The second-order valence-electron chi connectivity index (χ2n) is 6.16. The van der Waals surface area contributed by atoms with Gasteiger partial charge in [-0.15, -0.1) is 0 Å². The van der Waals surface area contributed by atoms with Crippen LogP contribution in [0.15, 0.2) is 24.3 Å². The number of carbonyl (C=O) groups excluding carboxylic acids is 1. The maximum atomic E-state index is 12.5. The average Bonchev–Trinajstić information content (AvgIpc) is 2.86. The predicted molar refractivity (Wildman–Crippen MR) is 89.0 cm³/mol. The van der Waals surface area contributed by atoms with Gasteiger partial charge in [-0.25, -0.2) is 13.1 Å². The van der Waals surface area contributed by atoms with Crippen molar-refractivity contribution in [1.82, 2.24) is 9.62 Å². The van der Waals surface area contributed by atoms with Crippen LogP contribution in [0.5, 0.6) is 5.75 Å². The third kappa shape index (κ3) is 4.45. The molecule has 7 heteroatoms. The Hall–Kier alpha value is -1.60. The van der Waals surface area contributed by atoms with E-state index in [-0.39, 0.29) is 17.9 Å². The van der Waals surface area contributed by atoms with Crippen molar-refractivity contribution < 1.29 is 17.9 Å². The van der Waals surface area contributed by atoms with Crippen molar-refractivity contribution in [1.29, 1.82) is 0 Å². The normalized spacial score (nSPS) is 22.9. The molecule has 1 aliphatic rings. The number of hydrogen-bond donors (Lipinski definition) is 1. The van der Waals surface area contributed by atoms with Gasteiger partial charge in [0.25, 0.3) is 0 Å². The molecule has 0 saturated carbocycles. The molecular formula is C16H24N2O4S. The molecule has 0 radical (unpaired) electrons. The van der Waals surface area contributed by atoms with Gasteiger partial charge in [0.15, 0.2) is 0 Å². The molecule has 0 aromatic heterocycles. The molecule has 3 atom stereocenters. The topological polar surface area (TPSA) is 75.7 Å². The summed E-state index contributed by atoms with van der Waals surface area (Å²) in [6.45, 7) is 4.17. The maximum absolute atomic E-state index is 12.5. The van der Waals surface area contributed by atoms with Gasteiger partial charge in [-0.2, -0.15) is 0 Å². The van der Waals surface area contributed by atoms with E-state index in [9.17, 15) is 13.2 Å². The number of nitrogens with zero attached hydrogens (tertiary/aromatic N) is 1. The van der Waals surface area contributed by atoms with Gasteiger partial charge in [-0.05, 0) is 38.0 Å². The standard InChI is InChI=1S/C16H24N2O4S/c1-11-9-14(13-5-7-15(22-3)8-6-13)10-18(11)16(19)12(2)17-23(4,20)21/h5-8,11-12,14,17H,9-10H2,1-4H3/t11-,12+,14-/m1/s1. The molecule has 0 spiro atoms. The summed E-state index contributed by atoms with van der Waals surface area (Å²) in [5, 5.41) is 0. The highest BCUT2D eigenvalue weighted by molar-refractivity contribution is 7.88. The van der Waals surface area contributed by atoms with Gasteiger partial charge in [0.05, 0.1) is 19.4 Å². The Morgan fingerprint density at radius 3 is 2.48 bits per heavy atom. The zero-order valence-corrected chi connectivity index (χ0v) is 14.8. The van der Waals surface area contributed by atoms with E-state index in [1.807, 2.05) is 31.2 Å². The van der Waals surface area contributed by atoms with Crippen molar-refractivity contribution in [3.8, 4) is 5.75 Å². The number of methoxy groups -OCH3 is 1. The number of nitrogens with one attached hydrogen (secondary N) is 1. The van der Waals surface area contributed by atoms with Crippen molar-refractivity contribution in [2.75, 3.05) is 19.9 Å². The van der Waals surface area contributed by atoms with Crippen LogP contribution in [0.1, 0.15) is 31.7 Å². The molecule has 0 unspecified atom stereocenters. The molecule has 1 aromatic rings. The summed E-state index contributed by atoms with van der Waals surface area (Å²) in [7, 11) is -1.77. The molecule has 1 saturated heterocycles. The second kappa shape index (κ2) is 6.88. The molecule has 1 aromatic carbocycles. The first-order valence-electron chi connectivity index (χ1n) is 7.63. The number of benzene rings is 1. The first kappa shape index (κ1) is 17.7. The fourth-order valence-corrected chi connectivity index (χ4v) is 3.82. The van der Waals surface area contributed by atoms with E-state index in [4.69, 9.17) is 4.74 Å². The lowest BCUT2D eigenvalue weighted by atomic mass is 9.97. The van der Waals surface area contributed by atoms with Crippen molar-refractivity contribution in [2.45, 2.75) is 38.3 Å². The number of rotatable bonds is 5. The Balaban J connectivity index is 2.06. The Bertz CT molecular complexity index is 657. The fraction of sp³-hybridized carbons (Fsp3) is 0.562. The minimum absolute atomic E-state index is 0.0819. The lowest BCUT2D eigenvalue weighted by Crippen LogP contribution is -2.47. The summed E-state index contributed by atoms with van der Waals surface area (Å²) in [4.78, 5) is 14.3. The van der Waals surface area contributed by atoms with Crippen LogP contribution in [-0.2, 0) is 14.8 Å². The van der Waals surface area contributed by atoms with Gasteiger partial charge in [0.1, 0.15) is 5.75 Å². The van der Waals surface area contributed by atoms with Crippen LogP contribution in [0, 0.1) is 0 Å². The molecule has 128 valence electrons. The lowest BCUT2D eigenvalue weighted by molar-refractivity contribution is -0.133. The molecule has 1 fully saturated rings. The van der Waals surface area contributed by atoms with Crippen molar-refractivity contribution in [3.05, 3.63) is 29.8 Å². The van der Waals surface area contributed by atoms with Crippen molar-refractivity contribution in [3.63, 3.8) is 0 Å². The SMILES string of the molecule is COc1ccc([C@@H]2C[C@@H](C)N(C(=O)[C@H](C)NS(C)(=O)=O)C2)cc1. The molecule has 0 bridgehead atoms. The molecule has 1 aliphatic heterocycles. The molecule has 1 heterocycles. The highest BCUT2D eigenvalue weighted by Gasteiger charge is 2.35. The first-order valence-corrected chi connectivity index (χ1v) is 9.52. The van der Waals surface area contributed by atoms with Crippen LogP contribution >= 0.6 is 0 Å². The molecule has 0 aliphatic carbocycles. The van der Waals surface area contributed by atoms with Gasteiger partial charge in [-0.1, -0.05) is 12.1 Å². The zero-order chi connectivity index (χ0) is 17.2. The molecule has 23 heavy (non-hydrogen) atoms. The summed E-state index contributed by atoms with van der Waals surface area (Å²) < 4.78 is 30.1. The monoisotopic (exact) mass is 340 g/mol. The number of sulfonamides is 1. The van der Waals surface area contributed by atoms with Gasteiger partial charge >= 0.3 is 0 Å². The third-order valence-corrected chi connectivity index (χ3v) is 4.99.